The lowest BCUT2D eigenvalue weighted by atomic mass is 10.3. The number of hydrogen-bond acceptors (Lipinski definition) is 3. The first-order valence-corrected chi connectivity index (χ1v) is 5.75. The second-order valence-electron chi connectivity index (χ2n) is 3.11. The summed E-state index contributed by atoms with van der Waals surface area (Å²) in [5.74, 6) is -0.0568. The van der Waals surface area contributed by atoms with Gasteiger partial charge in [0, 0.05) is 0 Å². The number of benzene rings is 1. The van der Waals surface area contributed by atoms with Crippen LogP contribution in [0.5, 0.6) is 5.75 Å². The Morgan fingerprint density at radius 3 is 2.47 bits per heavy atom. The van der Waals surface area contributed by atoms with E-state index in [1.807, 2.05) is 6.07 Å². The highest BCUT2D eigenvalue weighted by Gasteiger charge is 2.32. The summed E-state index contributed by atoms with van der Waals surface area (Å²) in [7, 11) is 0. The van der Waals surface area contributed by atoms with Gasteiger partial charge in [-0.2, -0.15) is 0 Å². The Bertz CT molecular complexity index is 367. The van der Waals surface area contributed by atoms with Gasteiger partial charge in [-0.1, -0.05) is 53.0 Å². The van der Waals surface area contributed by atoms with E-state index in [-0.39, 0.29) is 6.61 Å². The average Bonchev–Trinajstić information content (AvgIpc) is 2.26. The SMILES string of the molecule is O=C(COc1ccccc1)NC(O)C(Cl)(Cl)Cl. The number of carbonyl (C=O) groups is 1. The van der Waals surface area contributed by atoms with Crippen LogP contribution in [-0.2, 0) is 4.79 Å². The first-order chi connectivity index (χ1) is 7.89. The van der Waals surface area contributed by atoms with E-state index in [9.17, 15) is 9.90 Å². The molecule has 1 unspecified atom stereocenters. The molecule has 0 heterocycles. The number of aliphatic hydroxyl groups excluding tert-OH is 1. The Labute approximate surface area is 113 Å². The molecule has 1 atom stereocenters. The minimum atomic E-state index is -1.97. The van der Waals surface area contributed by atoms with Crippen LogP contribution in [0, 0.1) is 0 Å². The number of hydrogen-bond donors (Lipinski definition) is 2. The Morgan fingerprint density at radius 2 is 1.94 bits per heavy atom. The molecule has 0 saturated heterocycles. The van der Waals surface area contributed by atoms with Gasteiger partial charge in [0.05, 0.1) is 0 Å². The fourth-order valence-electron chi connectivity index (χ4n) is 0.942. The molecule has 0 saturated carbocycles. The highest BCUT2D eigenvalue weighted by atomic mass is 35.6. The molecule has 0 aliphatic carbocycles. The van der Waals surface area contributed by atoms with Gasteiger partial charge in [0.25, 0.3) is 5.91 Å². The lowest BCUT2D eigenvalue weighted by Gasteiger charge is -2.19. The first kappa shape index (κ1) is 14.4. The number of amides is 1. The Morgan fingerprint density at radius 1 is 1.35 bits per heavy atom. The Hall–Kier alpha value is -0.680. The van der Waals surface area contributed by atoms with Crippen molar-refractivity contribution in [3.8, 4) is 5.75 Å². The zero-order valence-electron chi connectivity index (χ0n) is 8.57. The summed E-state index contributed by atoms with van der Waals surface area (Å²) in [6, 6.07) is 8.74. The molecule has 2 N–H and O–H groups in total. The van der Waals surface area contributed by atoms with E-state index in [0.29, 0.717) is 5.75 Å². The quantitative estimate of drug-likeness (QED) is 0.659. The summed E-state index contributed by atoms with van der Waals surface area (Å²) in [5, 5.41) is 11.4. The van der Waals surface area contributed by atoms with E-state index < -0.39 is 15.9 Å². The topological polar surface area (TPSA) is 58.6 Å². The van der Waals surface area contributed by atoms with Gasteiger partial charge in [-0.05, 0) is 12.1 Å². The van der Waals surface area contributed by atoms with Gasteiger partial charge >= 0.3 is 0 Å². The number of aliphatic hydroxyl groups is 1. The molecular weight excluding hydrogens is 288 g/mol. The van der Waals surface area contributed by atoms with Gasteiger partial charge in [-0.3, -0.25) is 4.79 Å². The van der Waals surface area contributed by atoms with Crippen molar-refractivity contribution < 1.29 is 14.6 Å². The molecule has 0 fully saturated rings. The molecule has 1 amide bonds. The summed E-state index contributed by atoms with van der Waals surface area (Å²) in [5.41, 5.74) is 0. The molecule has 94 valence electrons. The molecule has 4 nitrogen and oxygen atoms in total. The van der Waals surface area contributed by atoms with E-state index in [0.717, 1.165) is 0 Å². The second-order valence-corrected chi connectivity index (χ2v) is 5.48. The molecule has 0 aromatic heterocycles. The maximum atomic E-state index is 11.3. The Balaban J connectivity index is 2.36. The monoisotopic (exact) mass is 297 g/mol. The van der Waals surface area contributed by atoms with Crippen molar-refractivity contribution in [1.82, 2.24) is 5.32 Å². The molecule has 17 heavy (non-hydrogen) atoms. The van der Waals surface area contributed by atoms with Crippen LogP contribution >= 0.6 is 34.8 Å². The lowest BCUT2D eigenvalue weighted by molar-refractivity contribution is -0.126. The molecule has 7 heteroatoms. The highest BCUT2D eigenvalue weighted by Crippen LogP contribution is 2.28. The zero-order chi connectivity index (χ0) is 12.9. The van der Waals surface area contributed by atoms with Crippen molar-refractivity contribution in [1.29, 1.82) is 0 Å². The van der Waals surface area contributed by atoms with E-state index >= 15 is 0 Å². The normalized spacial score (nSPS) is 12.9. The summed E-state index contributed by atoms with van der Waals surface area (Å²) in [4.78, 5) is 11.3. The van der Waals surface area contributed by atoms with Crippen LogP contribution in [0.1, 0.15) is 0 Å². The predicted octanol–water partition coefficient (Wildman–Crippen LogP) is 1.87. The van der Waals surface area contributed by atoms with Gasteiger partial charge in [0.2, 0.25) is 3.79 Å². The number of carbonyl (C=O) groups excluding carboxylic acids is 1. The number of para-hydroxylation sites is 1. The number of alkyl halides is 3. The van der Waals surface area contributed by atoms with E-state index in [1.165, 1.54) is 0 Å². The summed E-state index contributed by atoms with van der Waals surface area (Å²) in [6.07, 6.45) is -1.58. The predicted molar refractivity (Wildman–Crippen MR) is 66.4 cm³/mol. The lowest BCUT2D eigenvalue weighted by Crippen LogP contribution is -2.45. The summed E-state index contributed by atoms with van der Waals surface area (Å²) in [6.45, 7) is -0.276. The van der Waals surface area contributed by atoms with Crippen molar-refractivity contribution in [3.05, 3.63) is 30.3 Å². The van der Waals surface area contributed by atoms with Crippen molar-refractivity contribution in [2.45, 2.75) is 10.0 Å². The smallest absolute Gasteiger partial charge is 0.260 e. The van der Waals surface area contributed by atoms with E-state index in [2.05, 4.69) is 5.32 Å². The minimum Gasteiger partial charge on any atom is -0.484 e. The Kier molecular flexibility index (Phi) is 5.33. The summed E-state index contributed by atoms with van der Waals surface area (Å²) >= 11 is 16.1. The summed E-state index contributed by atoms with van der Waals surface area (Å²) < 4.78 is 3.16. The minimum absolute atomic E-state index is 0.276. The fraction of sp³-hybridized carbons (Fsp3) is 0.300. The highest BCUT2D eigenvalue weighted by molar-refractivity contribution is 6.68. The third kappa shape index (κ3) is 5.46. The van der Waals surface area contributed by atoms with E-state index in [1.54, 1.807) is 24.3 Å². The number of nitrogens with one attached hydrogen (secondary N) is 1. The fourth-order valence-corrected chi connectivity index (χ4v) is 1.11. The van der Waals surface area contributed by atoms with Crippen molar-refractivity contribution in [3.63, 3.8) is 0 Å². The van der Waals surface area contributed by atoms with Crippen LogP contribution in [-0.4, -0.2) is 27.6 Å². The van der Waals surface area contributed by atoms with Crippen LogP contribution in [0.25, 0.3) is 0 Å². The maximum absolute atomic E-state index is 11.3. The second kappa shape index (κ2) is 6.31. The third-order valence-corrected chi connectivity index (χ3v) is 2.34. The molecule has 1 rings (SSSR count). The molecule has 0 radical (unpaired) electrons. The van der Waals surface area contributed by atoms with Crippen LogP contribution < -0.4 is 10.1 Å². The van der Waals surface area contributed by atoms with Crippen LogP contribution in [0.15, 0.2) is 30.3 Å². The third-order valence-electron chi connectivity index (χ3n) is 1.72. The van der Waals surface area contributed by atoms with Crippen molar-refractivity contribution >= 4 is 40.7 Å². The molecular formula is C10H10Cl3NO3. The first-order valence-electron chi connectivity index (χ1n) is 4.61. The van der Waals surface area contributed by atoms with Crippen molar-refractivity contribution in [2.75, 3.05) is 6.61 Å². The van der Waals surface area contributed by atoms with Crippen molar-refractivity contribution in [2.24, 2.45) is 0 Å². The molecule has 0 aliphatic heterocycles. The maximum Gasteiger partial charge on any atom is 0.260 e. The molecule has 0 spiro atoms. The van der Waals surface area contributed by atoms with Gasteiger partial charge in [0.15, 0.2) is 12.8 Å². The van der Waals surface area contributed by atoms with Crippen LogP contribution in [0.4, 0.5) is 0 Å². The van der Waals surface area contributed by atoms with Gasteiger partial charge in [-0.15, -0.1) is 0 Å². The van der Waals surface area contributed by atoms with E-state index in [4.69, 9.17) is 39.5 Å². The average molecular weight is 299 g/mol. The van der Waals surface area contributed by atoms with Gasteiger partial charge in [-0.25, -0.2) is 0 Å². The standard InChI is InChI=1S/C10H10Cl3NO3/c11-10(12,13)9(16)14-8(15)6-17-7-4-2-1-3-5-7/h1-5,9,16H,6H2,(H,14,15). The van der Waals surface area contributed by atoms with Gasteiger partial charge in [0.1, 0.15) is 5.75 Å². The molecule has 1 aromatic carbocycles. The zero-order valence-corrected chi connectivity index (χ0v) is 10.8. The number of rotatable bonds is 4. The van der Waals surface area contributed by atoms with Crippen LogP contribution in [0.2, 0.25) is 0 Å². The number of ether oxygens (including phenoxy) is 1. The largest absolute Gasteiger partial charge is 0.484 e. The molecule has 0 bridgehead atoms. The number of halogens is 3. The van der Waals surface area contributed by atoms with Gasteiger partial charge < -0.3 is 15.2 Å². The molecule has 0 aliphatic rings. The van der Waals surface area contributed by atoms with Crippen LogP contribution in [0.3, 0.4) is 0 Å². The molecule has 1 aromatic rings.